The predicted octanol–water partition coefficient (Wildman–Crippen LogP) is 0.337. The third-order valence-corrected chi connectivity index (χ3v) is 2.03. The number of oxime groups is 1. The first-order chi connectivity index (χ1) is 7.65. The van der Waals surface area contributed by atoms with Crippen LogP contribution in [0.3, 0.4) is 0 Å². The summed E-state index contributed by atoms with van der Waals surface area (Å²) in [7, 11) is 0. The second-order valence-corrected chi connectivity index (χ2v) is 2.96. The van der Waals surface area contributed by atoms with E-state index in [1.54, 1.807) is 18.2 Å². The minimum absolute atomic E-state index is 0.154. The Kier molecular flexibility index (Phi) is 2.16. The van der Waals surface area contributed by atoms with Gasteiger partial charge in [0.05, 0.1) is 6.20 Å². The molecule has 0 saturated heterocycles. The molecule has 0 atom stereocenters. The average molecular weight is 221 g/mol. The van der Waals surface area contributed by atoms with Crippen molar-refractivity contribution in [3.63, 3.8) is 0 Å². The van der Waals surface area contributed by atoms with Crippen LogP contribution in [0.15, 0.2) is 29.6 Å². The summed E-state index contributed by atoms with van der Waals surface area (Å²) in [6.45, 7) is 0. The van der Waals surface area contributed by atoms with Crippen LogP contribution in [0.4, 0.5) is 5.82 Å². The maximum atomic E-state index is 10.9. The van der Waals surface area contributed by atoms with Gasteiger partial charge in [0.1, 0.15) is 0 Å². The first kappa shape index (κ1) is 9.90. The molecule has 0 aliphatic heterocycles. The molecule has 0 saturated carbocycles. The number of aromatic nitrogens is 2. The summed E-state index contributed by atoms with van der Waals surface area (Å²) in [5.74, 6) is -0.721. The zero-order chi connectivity index (χ0) is 11.7. The van der Waals surface area contributed by atoms with Crippen LogP contribution in [0.1, 0.15) is 5.69 Å². The van der Waals surface area contributed by atoms with Crippen LogP contribution < -0.4 is 5.73 Å². The van der Waals surface area contributed by atoms with E-state index in [1.807, 2.05) is 0 Å². The van der Waals surface area contributed by atoms with Gasteiger partial charge >= 0.3 is 5.82 Å². The summed E-state index contributed by atoms with van der Waals surface area (Å²) in [5.41, 5.74) is 5.52. The van der Waals surface area contributed by atoms with Crippen LogP contribution in [0.5, 0.6) is 0 Å². The van der Waals surface area contributed by atoms with E-state index in [0.29, 0.717) is 5.65 Å². The first-order valence-corrected chi connectivity index (χ1v) is 4.24. The van der Waals surface area contributed by atoms with E-state index >= 15 is 0 Å². The lowest BCUT2D eigenvalue weighted by atomic mass is 10.4. The fraction of sp³-hybridized carbons (Fsp3) is 0. The van der Waals surface area contributed by atoms with Crippen LogP contribution in [0, 0.1) is 10.1 Å². The standard InChI is InChI=1S/C8H7N5O3/c9-7(11-14)6-8(13(15)16)12-4-2-1-3-5(12)10-6/h1-4,14H,(H2,9,11). The molecule has 0 unspecified atom stereocenters. The smallest absolute Gasteiger partial charge is 0.359 e. The lowest BCUT2D eigenvalue weighted by molar-refractivity contribution is -0.390. The fourth-order valence-electron chi connectivity index (χ4n) is 1.38. The molecule has 0 radical (unpaired) electrons. The van der Waals surface area contributed by atoms with E-state index in [1.165, 1.54) is 10.6 Å². The highest BCUT2D eigenvalue weighted by Gasteiger charge is 2.24. The molecule has 16 heavy (non-hydrogen) atoms. The Labute approximate surface area is 88.8 Å². The maximum Gasteiger partial charge on any atom is 0.359 e. The molecule has 0 bridgehead atoms. The molecule has 0 aromatic carbocycles. The molecule has 82 valence electrons. The predicted molar refractivity (Wildman–Crippen MR) is 54.4 cm³/mol. The van der Waals surface area contributed by atoms with Gasteiger partial charge in [0, 0.05) is 6.07 Å². The lowest BCUT2D eigenvalue weighted by Gasteiger charge is -1.95. The molecule has 8 heteroatoms. The Hall–Kier alpha value is -2.64. The molecule has 2 rings (SSSR count). The van der Waals surface area contributed by atoms with Crippen molar-refractivity contribution in [2.24, 2.45) is 10.9 Å². The number of imidazole rings is 1. The van der Waals surface area contributed by atoms with Gasteiger partial charge in [-0.15, -0.1) is 0 Å². The second kappa shape index (κ2) is 3.50. The van der Waals surface area contributed by atoms with E-state index < -0.39 is 10.8 Å². The van der Waals surface area contributed by atoms with Crippen LogP contribution in [0.25, 0.3) is 5.65 Å². The molecular weight excluding hydrogens is 214 g/mol. The van der Waals surface area contributed by atoms with Crippen LogP contribution in [0.2, 0.25) is 0 Å². The summed E-state index contributed by atoms with van der Waals surface area (Å²) < 4.78 is 1.26. The first-order valence-electron chi connectivity index (χ1n) is 4.24. The maximum absolute atomic E-state index is 10.9. The number of nitro groups is 1. The third-order valence-electron chi connectivity index (χ3n) is 2.03. The average Bonchev–Trinajstić information content (AvgIpc) is 2.67. The van der Waals surface area contributed by atoms with Gasteiger partial charge in [-0.05, 0) is 11.0 Å². The van der Waals surface area contributed by atoms with Gasteiger partial charge in [-0.25, -0.2) is 0 Å². The Bertz CT molecular complexity index is 588. The number of hydrogen-bond donors (Lipinski definition) is 2. The Morgan fingerprint density at radius 1 is 1.62 bits per heavy atom. The lowest BCUT2D eigenvalue weighted by Crippen LogP contribution is -2.15. The number of fused-ring (bicyclic) bond motifs is 1. The summed E-state index contributed by atoms with van der Waals surface area (Å²) in [6, 6.07) is 4.89. The molecule has 8 nitrogen and oxygen atoms in total. The zero-order valence-corrected chi connectivity index (χ0v) is 7.94. The number of pyridine rings is 1. The number of amidine groups is 1. The largest absolute Gasteiger partial charge is 0.409 e. The molecule has 2 heterocycles. The summed E-state index contributed by atoms with van der Waals surface area (Å²) in [5, 5.41) is 22.1. The number of nitrogens with two attached hydrogens (primary N) is 1. The molecule has 0 fully saturated rings. The van der Waals surface area contributed by atoms with Crippen molar-refractivity contribution in [2.75, 3.05) is 0 Å². The van der Waals surface area contributed by atoms with Gasteiger partial charge in [0.15, 0.2) is 5.84 Å². The summed E-state index contributed by atoms with van der Waals surface area (Å²) >= 11 is 0. The van der Waals surface area contributed by atoms with Crippen molar-refractivity contribution in [1.82, 2.24) is 9.38 Å². The van der Waals surface area contributed by atoms with Gasteiger partial charge in [-0.3, -0.25) is 0 Å². The van der Waals surface area contributed by atoms with Crippen LogP contribution in [-0.4, -0.2) is 25.4 Å². The number of hydrogen-bond acceptors (Lipinski definition) is 5. The Morgan fingerprint density at radius 3 is 3.00 bits per heavy atom. The zero-order valence-electron chi connectivity index (χ0n) is 7.94. The van der Waals surface area contributed by atoms with Gasteiger partial charge in [0.25, 0.3) is 0 Å². The van der Waals surface area contributed by atoms with Gasteiger partial charge in [-0.2, -0.15) is 9.38 Å². The Morgan fingerprint density at radius 2 is 2.38 bits per heavy atom. The van der Waals surface area contributed by atoms with Crippen molar-refractivity contribution in [2.45, 2.75) is 0 Å². The molecule has 2 aromatic rings. The van der Waals surface area contributed by atoms with Crippen molar-refractivity contribution < 1.29 is 10.1 Å². The third kappa shape index (κ3) is 1.32. The van der Waals surface area contributed by atoms with Crippen molar-refractivity contribution >= 4 is 17.3 Å². The second-order valence-electron chi connectivity index (χ2n) is 2.96. The number of nitrogens with zero attached hydrogens (tertiary/aromatic N) is 4. The monoisotopic (exact) mass is 221 g/mol. The molecule has 0 aliphatic rings. The number of rotatable bonds is 2. The quantitative estimate of drug-likeness (QED) is 0.249. The van der Waals surface area contributed by atoms with Gasteiger partial charge < -0.3 is 21.1 Å². The normalized spacial score (nSPS) is 11.9. The minimum Gasteiger partial charge on any atom is -0.409 e. The molecule has 3 N–H and O–H groups in total. The van der Waals surface area contributed by atoms with Crippen molar-refractivity contribution in [1.29, 1.82) is 0 Å². The van der Waals surface area contributed by atoms with E-state index in [0.717, 1.165) is 0 Å². The van der Waals surface area contributed by atoms with Crippen molar-refractivity contribution in [3.8, 4) is 0 Å². The van der Waals surface area contributed by atoms with E-state index in [9.17, 15) is 10.1 Å². The molecular formula is C8H7N5O3. The fourth-order valence-corrected chi connectivity index (χ4v) is 1.38. The Balaban J connectivity index is 2.83. The summed E-state index contributed by atoms with van der Waals surface area (Å²) in [6.07, 6.45) is 1.48. The molecule has 0 spiro atoms. The van der Waals surface area contributed by atoms with Crippen LogP contribution >= 0.6 is 0 Å². The van der Waals surface area contributed by atoms with Crippen LogP contribution in [-0.2, 0) is 0 Å². The topological polar surface area (TPSA) is 119 Å². The van der Waals surface area contributed by atoms with E-state index in [-0.39, 0.29) is 11.5 Å². The SMILES string of the molecule is N/C(=N\O)c1nc2ccccn2c1[N+](=O)[O-]. The molecule has 0 amide bonds. The van der Waals surface area contributed by atoms with Gasteiger partial charge in [0.2, 0.25) is 11.3 Å². The highest BCUT2D eigenvalue weighted by Crippen LogP contribution is 2.19. The highest BCUT2D eigenvalue weighted by atomic mass is 16.6. The van der Waals surface area contributed by atoms with Crippen molar-refractivity contribution in [3.05, 3.63) is 40.2 Å². The molecule has 2 aromatic heterocycles. The minimum atomic E-state index is -0.632. The summed E-state index contributed by atoms with van der Waals surface area (Å²) in [4.78, 5) is 14.1. The highest BCUT2D eigenvalue weighted by molar-refractivity contribution is 5.99. The molecule has 0 aliphatic carbocycles. The van der Waals surface area contributed by atoms with E-state index in [4.69, 9.17) is 10.9 Å². The van der Waals surface area contributed by atoms with E-state index in [2.05, 4.69) is 10.1 Å². The van der Waals surface area contributed by atoms with Gasteiger partial charge in [-0.1, -0.05) is 11.2 Å².